The summed E-state index contributed by atoms with van der Waals surface area (Å²) in [4.78, 5) is 18.7. The molecule has 0 radical (unpaired) electrons. The Labute approximate surface area is 187 Å². The third-order valence-electron chi connectivity index (χ3n) is 5.58. The summed E-state index contributed by atoms with van der Waals surface area (Å²) in [6, 6.07) is 2.26. The molecule has 0 aliphatic carbocycles. The van der Waals surface area contributed by atoms with Crippen LogP contribution in [0.5, 0.6) is 0 Å². The molecule has 31 heavy (non-hydrogen) atoms. The van der Waals surface area contributed by atoms with Crippen molar-refractivity contribution in [2.75, 3.05) is 31.2 Å². The number of hydrogen-bond acceptors (Lipinski definition) is 6. The molecular weight excluding hydrogens is 418 g/mol. The molecule has 0 bridgehead atoms. The Morgan fingerprint density at radius 2 is 2.03 bits per heavy atom. The molecule has 2 aliphatic heterocycles. The number of ether oxygens (including phenoxy) is 2. The maximum Gasteiger partial charge on any atom is 0.407 e. The van der Waals surface area contributed by atoms with Gasteiger partial charge >= 0.3 is 6.09 Å². The first-order valence-corrected chi connectivity index (χ1v) is 11.2. The van der Waals surface area contributed by atoms with Crippen LogP contribution in [-0.2, 0) is 9.47 Å². The number of amides is 1. The first-order chi connectivity index (χ1) is 14.8. The van der Waals surface area contributed by atoms with Crippen LogP contribution in [0.2, 0.25) is 5.15 Å². The van der Waals surface area contributed by atoms with E-state index in [4.69, 9.17) is 21.1 Å². The summed E-state index contributed by atoms with van der Waals surface area (Å²) in [6.07, 6.45) is 8.16. The number of rotatable bonds is 4. The number of pyridine rings is 1. The highest BCUT2D eigenvalue weighted by Crippen LogP contribution is 2.35. The number of anilines is 1. The number of hydrogen-bond donors (Lipinski definition) is 1. The van der Waals surface area contributed by atoms with Crippen molar-refractivity contribution in [2.45, 2.75) is 57.7 Å². The molecule has 2 aliphatic rings. The molecule has 2 aromatic heterocycles. The van der Waals surface area contributed by atoms with E-state index in [-0.39, 0.29) is 12.1 Å². The van der Waals surface area contributed by atoms with Crippen molar-refractivity contribution < 1.29 is 14.3 Å². The summed E-state index contributed by atoms with van der Waals surface area (Å²) in [5.41, 5.74) is 2.48. The molecule has 168 valence electrons. The number of carbonyl (C=O) groups is 1. The number of halogens is 1. The van der Waals surface area contributed by atoms with E-state index in [0.29, 0.717) is 17.7 Å². The standard InChI is InChI=1S/C22H30ClN5O3/c1-22(2,3)31-21(29)26-16-4-7-27(14-16)19-10-20(23)24-12-18(19)15-11-25-28(13-15)17-5-8-30-9-6-17/h10-13,16-17H,4-9,14H2,1-3H3,(H,26,29)/t16-/m1/s1. The molecule has 0 aromatic carbocycles. The lowest BCUT2D eigenvalue weighted by atomic mass is 10.1. The van der Waals surface area contributed by atoms with Crippen LogP contribution in [0.15, 0.2) is 24.7 Å². The monoisotopic (exact) mass is 447 g/mol. The Morgan fingerprint density at radius 3 is 2.77 bits per heavy atom. The average Bonchev–Trinajstić information content (AvgIpc) is 3.37. The van der Waals surface area contributed by atoms with Crippen LogP contribution >= 0.6 is 11.6 Å². The fraction of sp³-hybridized carbons (Fsp3) is 0.591. The molecule has 0 saturated carbocycles. The van der Waals surface area contributed by atoms with Crippen LogP contribution in [-0.4, -0.2) is 58.8 Å². The molecule has 2 saturated heterocycles. The zero-order valence-electron chi connectivity index (χ0n) is 18.3. The predicted molar refractivity (Wildman–Crippen MR) is 120 cm³/mol. The molecule has 0 spiro atoms. The van der Waals surface area contributed by atoms with Crippen LogP contribution in [0.25, 0.3) is 11.1 Å². The van der Waals surface area contributed by atoms with E-state index >= 15 is 0 Å². The van der Waals surface area contributed by atoms with Gasteiger partial charge in [-0.1, -0.05) is 11.6 Å². The molecular formula is C22H30ClN5O3. The number of carbonyl (C=O) groups excluding carboxylic acids is 1. The summed E-state index contributed by atoms with van der Waals surface area (Å²) >= 11 is 6.24. The lowest BCUT2D eigenvalue weighted by Crippen LogP contribution is -2.40. The number of alkyl carbamates (subject to hydrolysis) is 1. The fourth-order valence-corrected chi connectivity index (χ4v) is 4.25. The molecule has 1 atom stereocenters. The van der Waals surface area contributed by atoms with E-state index in [0.717, 1.165) is 55.8 Å². The molecule has 1 amide bonds. The van der Waals surface area contributed by atoms with Crippen LogP contribution in [0.1, 0.15) is 46.1 Å². The number of nitrogens with one attached hydrogen (secondary N) is 1. The van der Waals surface area contributed by atoms with E-state index in [9.17, 15) is 4.79 Å². The number of nitrogens with zero attached hydrogens (tertiary/aromatic N) is 4. The molecule has 4 rings (SSSR count). The van der Waals surface area contributed by atoms with Crippen LogP contribution < -0.4 is 10.2 Å². The first kappa shape index (κ1) is 21.9. The Balaban J connectivity index is 1.49. The predicted octanol–water partition coefficient (Wildman–Crippen LogP) is 4.05. The van der Waals surface area contributed by atoms with Gasteiger partial charge in [-0.05, 0) is 46.1 Å². The van der Waals surface area contributed by atoms with Crippen molar-refractivity contribution in [1.29, 1.82) is 0 Å². The zero-order chi connectivity index (χ0) is 22.0. The van der Waals surface area contributed by atoms with Gasteiger partial charge in [0.25, 0.3) is 0 Å². The van der Waals surface area contributed by atoms with E-state index in [2.05, 4.69) is 26.5 Å². The highest BCUT2D eigenvalue weighted by atomic mass is 35.5. The minimum absolute atomic E-state index is 0.0135. The second-order valence-corrected chi connectivity index (χ2v) is 9.54. The summed E-state index contributed by atoms with van der Waals surface area (Å²) in [5, 5.41) is 8.02. The minimum atomic E-state index is -0.515. The second kappa shape index (κ2) is 9.04. The molecule has 2 aromatic rings. The van der Waals surface area contributed by atoms with Gasteiger partial charge in [0.15, 0.2) is 0 Å². The van der Waals surface area contributed by atoms with Gasteiger partial charge in [-0.3, -0.25) is 4.68 Å². The van der Waals surface area contributed by atoms with Gasteiger partial charge in [0.1, 0.15) is 10.8 Å². The van der Waals surface area contributed by atoms with Gasteiger partial charge in [0.05, 0.1) is 18.3 Å². The van der Waals surface area contributed by atoms with Crippen molar-refractivity contribution >= 4 is 23.4 Å². The molecule has 2 fully saturated rings. The Hall–Kier alpha value is -2.32. The Bertz CT molecular complexity index is 920. The Kier molecular flexibility index (Phi) is 6.39. The Morgan fingerprint density at radius 1 is 1.26 bits per heavy atom. The van der Waals surface area contributed by atoms with E-state index in [1.54, 1.807) is 6.20 Å². The van der Waals surface area contributed by atoms with Crippen LogP contribution in [0, 0.1) is 0 Å². The van der Waals surface area contributed by atoms with Gasteiger partial charge in [-0.15, -0.1) is 0 Å². The van der Waals surface area contributed by atoms with E-state index < -0.39 is 5.60 Å². The normalized spacial score (nSPS) is 20.1. The van der Waals surface area contributed by atoms with E-state index in [1.165, 1.54) is 0 Å². The van der Waals surface area contributed by atoms with Crippen LogP contribution in [0.3, 0.4) is 0 Å². The lowest BCUT2D eigenvalue weighted by Gasteiger charge is -2.24. The SMILES string of the molecule is CC(C)(C)OC(=O)N[C@@H]1CCN(c2cc(Cl)ncc2-c2cnn(C3CCOCC3)c2)C1. The minimum Gasteiger partial charge on any atom is -0.444 e. The van der Waals surface area contributed by atoms with Crippen molar-refractivity contribution in [3.05, 3.63) is 29.8 Å². The fourth-order valence-electron chi connectivity index (χ4n) is 4.10. The van der Waals surface area contributed by atoms with Gasteiger partial charge in [0.2, 0.25) is 0 Å². The summed E-state index contributed by atoms with van der Waals surface area (Å²) in [7, 11) is 0. The molecule has 8 nitrogen and oxygen atoms in total. The quantitative estimate of drug-likeness (QED) is 0.712. The van der Waals surface area contributed by atoms with Crippen molar-refractivity contribution in [2.24, 2.45) is 0 Å². The lowest BCUT2D eigenvalue weighted by molar-refractivity contribution is 0.0509. The van der Waals surface area contributed by atoms with Gasteiger partial charge in [-0.2, -0.15) is 5.10 Å². The van der Waals surface area contributed by atoms with Crippen molar-refractivity contribution in [1.82, 2.24) is 20.1 Å². The maximum absolute atomic E-state index is 12.2. The van der Waals surface area contributed by atoms with Crippen molar-refractivity contribution in [3.8, 4) is 11.1 Å². The molecule has 9 heteroatoms. The maximum atomic E-state index is 12.2. The largest absolute Gasteiger partial charge is 0.444 e. The van der Waals surface area contributed by atoms with Gasteiger partial charge < -0.3 is 19.7 Å². The summed E-state index contributed by atoms with van der Waals surface area (Å²) in [5.74, 6) is 0. The average molecular weight is 448 g/mol. The van der Waals surface area contributed by atoms with Crippen molar-refractivity contribution in [3.63, 3.8) is 0 Å². The van der Waals surface area contributed by atoms with Gasteiger partial charge in [0, 0.05) is 55.5 Å². The first-order valence-electron chi connectivity index (χ1n) is 10.8. The third-order valence-corrected chi connectivity index (χ3v) is 5.78. The zero-order valence-corrected chi connectivity index (χ0v) is 19.1. The smallest absolute Gasteiger partial charge is 0.407 e. The summed E-state index contributed by atoms with van der Waals surface area (Å²) in [6.45, 7) is 8.61. The highest BCUT2D eigenvalue weighted by Gasteiger charge is 2.28. The molecule has 4 heterocycles. The topological polar surface area (TPSA) is 81.5 Å². The highest BCUT2D eigenvalue weighted by molar-refractivity contribution is 6.29. The van der Waals surface area contributed by atoms with Crippen LogP contribution in [0.4, 0.5) is 10.5 Å². The number of aromatic nitrogens is 3. The molecule has 0 unspecified atom stereocenters. The van der Waals surface area contributed by atoms with Gasteiger partial charge in [-0.25, -0.2) is 9.78 Å². The molecule has 1 N–H and O–H groups in total. The summed E-state index contributed by atoms with van der Waals surface area (Å²) < 4.78 is 12.9. The second-order valence-electron chi connectivity index (χ2n) is 9.15. The van der Waals surface area contributed by atoms with E-state index in [1.807, 2.05) is 37.7 Å². The third kappa shape index (κ3) is 5.49.